The van der Waals surface area contributed by atoms with Crippen molar-refractivity contribution in [1.29, 1.82) is 0 Å². The van der Waals surface area contributed by atoms with E-state index >= 15 is 0 Å². The molecule has 0 N–H and O–H groups in total. The zero-order chi connectivity index (χ0) is 56.1. The van der Waals surface area contributed by atoms with Gasteiger partial charge in [-0.3, -0.25) is 28.8 Å². The molecule has 0 aliphatic heterocycles. The first-order valence-electron chi connectivity index (χ1n) is 30.3. The highest BCUT2D eigenvalue weighted by molar-refractivity contribution is 5.73. The lowest BCUT2D eigenvalue weighted by atomic mass is 10.1. The fraction of sp³-hybridized carbons (Fsp3) is 0.883. The number of rotatable bonds is 54. The summed E-state index contributed by atoms with van der Waals surface area (Å²) >= 11 is 0. The van der Waals surface area contributed by atoms with Crippen LogP contribution in [0.2, 0.25) is 0 Å². The van der Waals surface area contributed by atoms with E-state index in [2.05, 4.69) is 27.7 Å². The summed E-state index contributed by atoms with van der Waals surface area (Å²) in [4.78, 5) is 93.8. The van der Waals surface area contributed by atoms with E-state index < -0.39 is 29.9 Å². The number of hydrogen-bond acceptors (Lipinski definition) is 15. The number of hydrogen-bond donors (Lipinski definition) is 0. The molecule has 0 aromatic carbocycles. The third-order valence-corrected chi connectivity index (χ3v) is 13.3. The summed E-state index contributed by atoms with van der Waals surface area (Å²) in [5, 5.41) is 0. The Labute approximate surface area is 461 Å². The van der Waals surface area contributed by atoms with Gasteiger partial charge in [-0.1, -0.05) is 182 Å². The second kappa shape index (κ2) is 53.1. The van der Waals surface area contributed by atoms with Crippen LogP contribution in [0.15, 0.2) is 0 Å². The molecule has 0 aromatic rings. The van der Waals surface area contributed by atoms with Crippen molar-refractivity contribution in [3.05, 3.63) is 0 Å². The van der Waals surface area contributed by atoms with Crippen LogP contribution in [0.4, 0.5) is 4.79 Å². The number of amides is 1. The first-order valence-corrected chi connectivity index (χ1v) is 30.3. The third kappa shape index (κ3) is 48.4. The van der Waals surface area contributed by atoms with Crippen LogP contribution in [0.1, 0.15) is 252 Å². The van der Waals surface area contributed by atoms with Gasteiger partial charge in [-0.2, -0.15) is 0 Å². The maximum Gasteiger partial charge on any atom is 0.409 e. The van der Waals surface area contributed by atoms with Crippen molar-refractivity contribution in [3.63, 3.8) is 0 Å². The lowest BCUT2D eigenvalue weighted by Crippen LogP contribution is -2.38. The standard InChI is InChI=1S/C60H110N2O14/c1-7-11-15-19-23-27-31-36-54(63)73-48-52(49-74-55(64)37-32-28-24-20-16-12-8-2)46-58(67)70-44-41-62(60(69)72-43-35-40-61(5)6)42-45-71-59(68)47-53(50-75-56(65)38-33-29-25-21-17-13-9-3)51-76-57(66)39-34-30-26-22-18-14-10-4/h52-53H,7-51H2,1-6H3. The first kappa shape index (κ1) is 72.0. The minimum Gasteiger partial charge on any atom is -0.465 e. The molecule has 0 heterocycles. The fourth-order valence-corrected chi connectivity index (χ4v) is 8.42. The van der Waals surface area contributed by atoms with Gasteiger partial charge in [-0.25, -0.2) is 4.79 Å². The van der Waals surface area contributed by atoms with E-state index in [4.69, 9.17) is 33.2 Å². The summed E-state index contributed by atoms with van der Waals surface area (Å²) < 4.78 is 38.9. The molecular formula is C60H110N2O14. The molecule has 0 fully saturated rings. The summed E-state index contributed by atoms with van der Waals surface area (Å²) in [5.74, 6) is -3.99. The minimum atomic E-state index is -0.678. The Kier molecular flexibility index (Phi) is 50.3. The highest BCUT2D eigenvalue weighted by Gasteiger charge is 2.23. The average molecular weight is 1080 g/mol. The second-order valence-corrected chi connectivity index (χ2v) is 21.1. The van der Waals surface area contributed by atoms with Crippen LogP contribution in [-0.4, -0.2) is 132 Å². The molecule has 76 heavy (non-hydrogen) atoms. The predicted molar refractivity (Wildman–Crippen MR) is 298 cm³/mol. The summed E-state index contributed by atoms with van der Waals surface area (Å²) in [6.45, 7) is 8.50. The van der Waals surface area contributed by atoms with Crippen molar-refractivity contribution < 1.29 is 66.7 Å². The maximum absolute atomic E-state index is 13.3. The highest BCUT2D eigenvalue weighted by atomic mass is 16.6. The quantitative estimate of drug-likeness (QED) is 0.0317. The predicted octanol–water partition coefficient (Wildman–Crippen LogP) is 13.2. The Morgan fingerprint density at radius 3 is 0.855 bits per heavy atom. The summed E-state index contributed by atoms with van der Waals surface area (Å²) in [7, 11) is 3.83. The van der Waals surface area contributed by atoms with E-state index in [1.807, 2.05) is 19.0 Å². The molecule has 0 saturated carbocycles. The Bertz CT molecular complexity index is 1300. The number of nitrogens with zero attached hydrogens (tertiary/aromatic N) is 2. The number of carbonyl (C=O) groups is 7. The van der Waals surface area contributed by atoms with Gasteiger partial charge < -0.3 is 43.0 Å². The molecule has 0 aromatic heterocycles. The molecule has 0 radical (unpaired) electrons. The van der Waals surface area contributed by atoms with Crippen LogP contribution < -0.4 is 0 Å². The van der Waals surface area contributed by atoms with Gasteiger partial charge in [0, 0.05) is 44.1 Å². The zero-order valence-electron chi connectivity index (χ0n) is 49.1. The topological polar surface area (TPSA) is 191 Å². The van der Waals surface area contributed by atoms with Crippen molar-refractivity contribution in [2.24, 2.45) is 11.8 Å². The molecule has 16 heteroatoms. The molecule has 16 nitrogen and oxygen atoms in total. The van der Waals surface area contributed by atoms with Crippen LogP contribution in [0.25, 0.3) is 0 Å². The fourth-order valence-electron chi connectivity index (χ4n) is 8.42. The average Bonchev–Trinajstić information content (AvgIpc) is 3.39. The summed E-state index contributed by atoms with van der Waals surface area (Å²) in [6, 6.07) is 0. The molecule has 444 valence electrons. The van der Waals surface area contributed by atoms with Crippen molar-refractivity contribution in [3.8, 4) is 0 Å². The van der Waals surface area contributed by atoms with E-state index in [9.17, 15) is 33.6 Å². The van der Waals surface area contributed by atoms with Crippen molar-refractivity contribution in [1.82, 2.24) is 9.80 Å². The van der Waals surface area contributed by atoms with Gasteiger partial charge in [0.25, 0.3) is 0 Å². The molecule has 0 atom stereocenters. The number of carbonyl (C=O) groups excluding carboxylic acids is 7. The number of esters is 6. The minimum absolute atomic E-state index is 0.0761. The van der Waals surface area contributed by atoms with Crippen molar-refractivity contribution in [2.75, 3.05) is 80.0 Å². The second-order valence-electron chi connectivity index (χ2n) is 21.1. The van der Waals surface area contributed by atoms with E-state index in [0.717, 1.165) is 77.0 Å². The first-order chi connectivity index (χ1) is 36.8. The van der Waals surface area contributed by atoms with Gasteiger partial charge in [-0.05, 0) is 46.2 Å². The smallest absolute Gasteiger partial charge is 0.409 e. The van der Waals surface area contributed by atoms with Crippen molar-refractivity contribution >= 4 is 41.9 Å². The molecular weight excluding hydrogens is 973 g/mol. The zero-order valence-corrected chi connectivity index (χ0v) is 49.1. The van der Waals surface area contributed by atoms with Crippen LogP contribution in [0, 0.1) is 11.8 Å². The highest BCUT2D eigenvalue weighted by Crippen LogP contribution is 2.16. The molecule has 0 aliphatic carbocycles. The van der Waals surface area contributed by atoms with E-state index in [0.29, 0.717) is 38.6 Å². The van der Waals surface area contributed by atoms with Crippen LogP contribution >= 0.6 is 0 Å². The van der Waals surface area contributed by atoms with Crippen LogP contribution in [0.5, 0.6) is 0 Å². The Balaban J connectivity index is 5.58. The third-order valence-electron chi connectivity index (χ3n) is 13.3. The van der Waals surface area contributed by atoms with E-state index in [1.165, 1.54) is 81.9 Å². The lowest BCUT2D eigenvalue weighted by molar-refractivity contribution is -0.155. The normalized spacial score (nSPS) is 11.2. The van der Waals surface area contributed by atoms with Gasteiger partial charge in [0.1, 0.15) is 13.2 Å². The molecule has 0 saturated heterocycles. The van der Waals surface area contributed by atoms with Crippen molar-refractivity contribution in [2.45, 2.75) is 252 Å². The Hall–Kier alpha value is -3.95. The van der Waals surface area contributed by atoms with E-state index in [-0.39, 0.29) is 122 Å². The molecule has 0 bridgehead atoms. The lowest BCUT2D eigenvalue weighted by Gasteiger charge is -2.23. The molecule has 0 rings (SSSR count). The maximum atomic E-state index is 13.3. The van der Waals surface area contributed by atoms with Gasteiger partial charge in [0.15, 0.2) is 0 Å². The molecule has 0 spiro atoms. The van der Waals surface area contributed by atoms with E-state index in [1.54, 1.807) is 0 Å². The largest absolute Gasteiger partial charge is 0.465 e. The Morgan fingerprint density at radius 2 is 0.579 bits per heavy atom. The van der Waals surface area contributed by atoms with Crippen LogP contribution in [0.3, 0.4) is 0 Å². The Morgan fingerprint density at radius 1 is 0.303 bits per heavy atom. The molecule has 0 aliphatic rings. The van der Waals surface area contributed by atoms with Gasteiger partial charge in [-0.15, -0.1) is 0 Å². The summed E-state index contributed by atoms with van der Waals surface area (Å²) in [6.07, 6.45) is 30.3. The SMILES string of the molecule is CCCCCCCCCC(=O)OCC(COC(=O)CCCCCCCCC)CC(=O)OCCN(CCOC(=O)CC(COC(=O)CCCCCCCCC)COC(=O)CCCCCCCCC)C(=O)OCCCN(C)C. The van der Waals surface area contributed by atoms with Crippen LogP contribution in [-0.2, 0) is 61.9 Å². The molecule has 1 amide bonds. The summed E-state index contributed by atoms with van der Waals surface area (Å²) in [5.41, 5.74) is 0. The molecule has 0 unspecified atom stereocenters. The monoisotopic (exact) mass is 1080 g/mol. The number of ether oxygens (including phenoxy) is 7. The number of unbranched alkanes of at least 4 members (excludes halogenated alkanes) is 24. The van der Waals surface area contributed by atoms with Gasteiger partial charge >= 0.3 is 41.9 Å². The van der Waals surface area contributed by atoms with Gasteiger partial charge in [0.2, 0.25) is 0 Å². The van der Waals surface area contributed by atoms with Gasteiger partial charge in [0.05, 0.1) is 59.0 Å².